The summed E-state index contributed by atoms with van der Waals surface area (Å²) in [5.41, 5.74) is 6.04. The highest BCUT2D eigenvalue weighted by Gasteiger charge is 2.41. The molecule has 19 heavy (non-hydrogen) atoms. The predicted octanol–water partition coefficient (Wildman–Crippen LogP) is 3.46. The van der Waals surface area contributed by atoms with E-state index in [0.717, 1.165) is 25.7 Å². The first kappa shape index (κ1) is 14.8. The van der Waals surface area contributed by atoms with Crippen molar-refractivity contribution >= 4 is 11.6 Å². The van der Waals surface area contributed by atoms with E-state index in [1.807, 2.05) is 0 Å². The summed E-state index contributed by atoms with van der Waals surface area (Å²) in [6.07, 6.45) is 3.53. The predicted molar refractivity (Wildman–Crippen MR) is 75.8 cm³/mol. The minimum absolute atomic E-state index is 0.0831. The highest BCUT2D eigenvalue weighted by Crippen LogP contribution is 2.45. The molecular formula is C15H21ClFNO. The average Bonchev–Trinajstić information content (AvgIpc) is 2.83. The van der Waals surface area contributed by atoms with Crippen molar-refractivity contribution in [3.8, 4) is 0 Å². The van der Waals surface area contributed by atoms with Crippen LogP contribution in [-0.2, 0) is 0 Å². The first-order valence-corrected chi connectivity index (χ1v) is 7.19. The van der Waals surface area contributed by atoms with Crippen LogP contribution in [0, 0.1) is 11.2 Å². The van der Waals surface area contributed by atoms with Crippen molar-refractivity contribution in [3.05, 3.63) is 34.6 Å². The van der Waals surface area contributed by atoms with E-state index in [1.54, 1.807) is 12.1 Å². The molecule has 0 bridgehead atoms. The molecule has 1 aliphatic carbocycles. The quantitative estimate of drug-likeness (QED) is 0.890. The molecule has 0 heterocycles. The minimum Gasteiger partial charge on any atom is -0.392 e. The Morgan fingerprint density at radius 3 is 2.63 bits per heavy atom. The third-order valence-electron chi connectivity index (χ3n) is 4.48. The first-order valence-electron chi connectivity index (χ1n) is 6.81. The molecule has 0 aromatic heterocycles. The molecule has 106 valence electrons. The molecule has 3 N–H and O–H groups in total. The molecule has 2 nitrogen and oxygen atoms in total. The van der Waals surface area contributed by atoms with Crippen molar-refractivity contribution in [3.63, 3.8) is 0 Å². The van der Waals surface area contributed by atoms with Crippen LogP contribution in [-0.4, -0.2) is 17.8 Å². The van der Waals surface area contributed by atoms with Crippen molar-refractivity contribution in [2.75, 3.05) is 6.54 Å². The van der Waals surface area contributed by atoms with Gasteiger partial charge in [-0.15, -0.1) is 0 Å². The summed E-state index contributed by atoms with van der Waals surface area (Å²) >= 11 is 5.82. The zero-order valence-electron chi connectivity index (χ0n) is 11.2. The van der Waals surface area contributed by atoms with Crippen molar-refractivity contribution in [2.45, 2.75) is 44.6 Å². The lowest BCUT2D eigenvalue weighted by Crippen LogP contribution is -2.38. The van der Waals surface area contributed by atoms with Crippen LogP contribution >= 0.6 is 11.6 Å². The van der Waals surface area contributed by atoms with E-state index in [0.29, 0.717) is 5.56 Å². The molecule has 1 aliphatic rings. The Morgan fingerprint density at radius 1 is 1.42 bits per heavy atom. The first-order chi connectivity index (χ1) is 8.99. The third kappa shape index (κ3) is 2.78. The van der Waals surface area contributed by atoms with E-state index in [1.165, 1.54) is 6.07 Å². The molecule has 1 aromatic carbocycles. The Hall–Kier alpha value is -0.640. The Bertz CT molecular complexity index is 446. The minimum atomic E-state index is -0.632. The van der Waals surface area contributed by atoms with Gasteiger partial charge < -0.3 is 10.8 Å². The van der Waals surface area contributed by atoms with Crippen molar-refractivity contribution in [1.29, 1.82) is 0 Å². The second kappa shape index (κ2) is 5.78. The smallest absolute Gasteiger partial charge is 0.145 e. The number of hydrogen-bond donors (Lipinski definition) is 2. The van der Waals surface area contributed by atoms with Gasteiger partial charge >= 0.3 is 0 Å². The van der Waals surface area contributed by atoms with Gasteiger partial charge in [-0.3, -0.25) is 0 Å². The lowest BCUT2D eigenvalue weighted by atomic mass is 9.74. The number of aliphatic hydroxyl groups excluding tert-OH is 1. The molecule has 0 spiro atoms. The van der Waals surface area contributed by atoms with Crippen LogP contribution in [0.1, 0.15) is 44.1 Å². The van der Waals surface area contributed by atoms with Gasteiger partial charge in [0.25, 0.3) is 0 Å². The topological polar surface area (TPSA) is 46.2 Å². The second-order valence-electron chi connectivity index (χ2n) is 5.79. The fourth-order valence-corrected chi connectivity index (χ4v) is 3.38. The molecule has 0 aliphatic heterocycles. The van der Waals surface area contributed by atoms with Gasteiger partial charge in [-0.1, -0.05) is 43.5 Å². The monoisotopic (exact) mass is 285 g/mol. The lowest BCUT2D eigenvalue weighted by molar-refractivity contribution is 0.0204. The maximum Gasteiger partial charge on any atom is 0.145 e. The molecular weight excluding hydrogens is 265 g/mol. The van der Waals surface area contributed by atoms with Crippen molar-refractivity contribution in [1.82, 2.24) is 0 Å². The van der Waals surface area contributed by atoms with Gasteiger partial charge in [-0.05, 0) is 29.9 Å². The number of hydrogen-bond acceptors (Lipinski definition) is 2. The summed E-state index contributed by atoms with van der Waals surface area (Å²) in [7, 11) is 0. The Balaban J connectivity index is 2.31. The number of benzene rings is 1. The maximum absolute atomic E-state index is 14.1. The fraction of sp³-hybridized carbons (Fsp3) is 0.600. The summed E-state index contributed by atoms with van der Waals surface area (Å²) in [4.78, 5) is 0. The number of nitrogens with two attached hydrogens (primary N) is 1. The summed E-state index contributed by atoms with van der Waals surface area (Å²) in [5.74, 6) is -0.859. The van der Waals surface area contributed by atoms with E-state index in [-0.39, 0.29) is 17.0 Å². The van der Waals surface area contributed by atoms with E-state index in [4.69, 9.17) is 17.3 Å². The largest absolute Gasteiger partial charge is 0.392 e. The number of aliphatic hydroxyl groups is 1. The zero-order valence-corrected chi connectivity index (χ0v) is 12.0. The van der Waals surface area contributed by atoms with Gasteiger partial charge in [0.15, 0.2) is 0 Å². The van der Waals surface area contributed by atoms with Gasteiger partial charge in [0.05, 0.1) is 11.1 Å². The average molecular weight is 286 g/mol. The number of rotatable bonds is 4. The summed E-state index contributed by atoms with van der Waals surface area (Å²) in [6, 6.07) is 4.88. The molecule has 0 amide bonds. The molecule has 1 aromatic rings. The van der Waals surface area contributed by atoms with Crippen LogP contribution in [0.3, 0.4) is 0 Å². The summed E-state index contributed by atoms with van der Waals surface area (Å²) < 4.78 is 14.1. The fourth-order valence-electron chi connectivity index (χ4n) is 3.20. The SMILES string of the molecule is CC1(C(O)C(CN)c2cccc(Cl)c2F)CCCC1. The molecule has 2 atom stereocenters. The number of halogens is 2. The van der Waals surface area contributed by atoms with Gasteiger partial charge in [0, 0.05) is 12.5 Å². The summed E-state index contributed by atoms with van der Waals surface area (Å²) in [5, 5.41) is 10.7. The van der Waals surface area contributed by atoms with E-state index in [2.05, 4.69) is 6.92 Å². The van der Waals surface area contributed by atoms with Crippen LogP contribution in [0.25, 0.3) is 0 Å². The highest BCUT2D eigenvalue weighted by atomic mass is 35.5. The van der Waals surface area contributed by atoms with Gasteiger partial charge in [0.2, 0.25) is 0 Å². The van der Waals surface area contributed by atoms with Gasteiger partial charge in [0.1, 0.15) is 5.82 Å². The van der Waals surface area contributed by atoms with E-state index < -0.39 is 17.8 Å². The Kier molecular flexibility index (Phi) is 4.49. The van der Waals surface area contributed by atoms with E-state index >= 15 is 0 Å². The standard InChI is InChI=1S/C15H21ClFNO/c1-15(7-2-3-8-15)14(19)11(9-18)10-5-4-6-12(16)13(10)17/h4-6,11,14,19H,2-3,7-9,18H2,1H3. The van der Waals surface area contributed by atoms with Crippen LogP contribution in [0.2, 0.25) is 5.02 Å². The molecule has 2 unspecified atom stereocenters. The molecule has 2 rings (SSSR count). The van der Waals surface area contributed by atoms with Gasteiger partial charge in [-0.2, -0.15) is 0 Å². The summed E-state index contributed by atoms with van der Waals surface area (Å²) in [6.45, 7) is 2.28. The van der Waals surface area contributed by atoms with Crippen LogP contribution in [0.15, 0.2) is 18.2 Å². The Labute approximate surface area is 118 Å². The lowest BCUT2D eigenvalue weighted by Gasteiger charge is -2.35. The van der Waals surface area contributed by atoms with Crippen molar-refractivity contribution in [2.24, 2.45) is 11.1 Å². The second-order valence-corrected chi connectivity index (χ2v) is 6.20. The van der Waals surface area contributed by atoms with Gasteiger partial charge in [-0.25, -0.2) is 4.39 Å². The molecule has 0 radical (unpaired) electrons. The Morgan fingerprint density at radius 2 is 2.05 bits per heavy atom. The van der Waals surface area contributed by atoms with Crippen LogP contribution in [0.4, 0.5) is 4.39 Å². The van der Waals surface area contributed by atoms with Crippen LogP contribution in [0.5, 0.6) is 0 Å². The molecule has 4 heteroatoms. The highest BCUT2D eigenvalue weighted by molar-refractivity contribution is 6.30. The molecule has 1 saturated carbocycles. The van der Waals surface area contributed by atoms with Crippen molar-refractivity contribution < 1.29 is 9.50 Å². The normalized spacial score (nSPS) is 21.3. The molecule has 0 saturated heterocycles. The zero-order chi connectivity index (χ0) is 14.0. The van der Waals surface area contributed by atoms with E-state index in [9.17, 15) is 9.50 Å². The molecule has 1 fully saturated rings. The van der Waals surface area contributed by atoms with Crippen LogP contribution < -0.4 is 5.73 Å². The third-order valence-corrected chi connectivity index (χ3v) is 4.77. The maximum atomic E-state index is 14.1.